The number of halogens is 3. The number of hydrogen-bond donors (Lipinski definition) is 1. The van der Waals surface area contributed by atoms with Crippen molar-refractivity contribution in [2.45, 2.75) is 13.0 Å². The molecule has 1 aliphatic heterocycles. The van der Waals surface area contributed by atoms with Crippen LogP contribution in [0, 0.1) is 5.82 Å². The van der Waals surface area contributed by atoms with Gasteiger partial charge in [-0.3, -0.25) is 0 Å². The van der Waals surface area contributed by atoms with Crippen molar-refractivity contribution >= 4 is 34.6 Å². The molecule has 0 saturated heterocycles. The van der Waals surface area contributed by atoms with Crippen molar-refractivity contribution < 1.29 is 9.13 Å². The van der Waals surface area contributed by atoms with E-state index in [0.29, 0.717) is 27.2 Å². The molecule has 0 bridgehead atoms. The Bertz CT molecular complexity index is 986. The molecule has 27 heavy (non-hydrogen) atoms. The van der Waals surface area contributed by atoms with Gasteiger partial charge < -0.3 is 15.4 Å². The summed E-state index contributed by atoms with van der Waals surface area (Å²) in [5, 5.41) is 0.741. The number of nitrogens with zero attached hydrogens (tertiary/aromatic N) is 1. The van der Waals surface area contributed by atoms with Crippen LogP contribution in [0.2, 0.25) is 10.0 Å². The lowest BCUT2D eigenvalue weighted by molar-refractivity contribution is 0.481. The third-order valence-electron chi connectivity index (χ3n) is 4.60. The molecule has 2 N–H and O–H groups in total. The van der Waals surface area contributed by atoms with Gasteiger partial charge >= 0.3 is 0 Å². The van der Waals surface area contributed by atoms with Crippen molar-refractivity contribution in [3.05, 3.63) is 81.6 Å². The second-order valence-electron chi connectivity index (χ2n) is 6.50. The molecule has 138 valence electrons. The number of hydrogen-bond acceptors (Lipinski definition) is 3. The predicted octanol–water partition coefficient (Wildman–Crippen LogP) is 6.07. The van der Waals surface area contributed by atoms with Crippen LogP contribution >= 0.6 is 23.2 Å². The standard InChI is InChI=1S/C21H17Cl2FN2O/c22-19-10-16(25)11-20(23)21(19)27-18-5-4-14-12-26(7-6-13(14)8-18)17-3-1-2-15(24)9-17/h1-5,8-11H,6-7,12,25H2. The molecule has 0 radical (unpaired) electrons. The number of anilines is 2. The fraction of sp³-hybridized carbons (Fsp3) is 0.143. The van der Waals surface area contributed by atoms with E-state index >= 15 is 0 Å². The van der Waals surface area contributed by atoms with Gasteiger partial charge in [-0.2, -0.15) is 0 Å². The molecular formula is C21H17Cl2FN2O. The summed E-state index contributed by atoms with van der Waals surface area (Å²) in [5.74, 6) is 0.838. The van der Waals surface area contributed by atoms with Crippen LogP contribution in [0.1, 0.15) is 11.1 Å². The first-order valence-electron chi connectivity index (χ1n) is 8.54. The van der Waals surface area contributed by atoms with Crippen LogP contribution < -0.4 is 15.4 Å². The van der Waals surface area contributed by atoms with E-state index in [1.807, 2.05) is 24.3 Å². The molecule has 0 fully saturated rings. The van der Waals surface area contributed by atoms with Crippen LogP contribution in [0.5, 0.6) is 11.5 Å². The number of benzene rings is 3. The number of ether oxygens (including phenoxy) is 1. The molecule has 0 aromatic heterocycles. The zero-order valence-corrected chi connectivity index (χ0v) is 15.9. The van der Waals surface area contributed by atoms with Crippen molar-refractivity contribution in [3.8, 4) is 11.5 Å². The van der Waals surface area contributed by atoms with Crippen LogP contribution in [0.3, 0.4) is 0 Å². The SMILES string of the molecule is Nc1cc(Cl)c(Oc2ccc3c(c2)CCN(c2cccc(F)c2)C3)c(Cl)c1. The van der Waals surface area contributed by atoms with E-state index in [2.05, 4.69) is 4.90 Å². The Kier molecular flexibility index (Phi) is 4.85. The molecule has 0 unspecified atom stereocenters. The van der Waals surface area contributed by atoms with Crippen LogP contribution in [-0.4, -0.2) is 6.54 Å². The minimum absolute atomic E-state index is 0.223. The van der Waals surface area contributed by atoms with Gasteiger partial charge in [0.25, 0.3) is 0 Å². The van der Waals surface area contributed by atoms with E-state index in [1.54, 1.807) is 24.3 Å². The van der Waals surface area contributed by atoms with E-state index in [9.17, 15) is 4.39 Å². The topological polar surface area (TPSA) is 38.5 Å². The lowest BCUT2D eigenvalue weighted by Crippen LogP contribution is -2.30. The van der Waals surface area contributed by atoms with Crippen LogP contribution in [-0.2, 0) is 13.0 Å². The molecule has 0 aliphatic carbocycles. The number of rotatable bonds is 3. The summed E-state index contributed by atoms with van der Waals surface area (Å²) < 4.78 is 19.4. The van der Waals surface area contributed by atoms with Crippen molar-refractivity contribution in [2.75, 3.05) is 17.2 Å². The van der Waals surface area contributed by atoms with Gasteiger partial charge in [0.05, 0.1) is 10.0 Å². The minimum atomic E-state index is -0.223. The molecular weight excluding hydrogens is 386 g/mol. The lowest BCUT2D eigenvalue weighted by atomic mass is 9.99. The fourth-order valence-electron chi connectivity index (χ4n) is 3.28. The second-order valence-corrected chi connectivity index (χ2v) is 7.31. The Labute approximate surface area is 167 Å². The Hall–Kier alpha value is -2.43. The van der Waals surface area contributed by atoms with E-state index in [4.69, 9.17) is 33.7 Å². The first-order valence-corrected chi connectivity index (χ1v) is 9.30. The molecule has 3 aromatic carbocycles. The number of nitrogens with two attached hydrogens (primary N) is 1. The molecule has 3 nitrogen and oxygen atoms in total. The first kappa shape index (κ1) is 18.0. The summed E-state index contributed by atoms with van der Waals surface area (Å²) in [6.07, 6.45) is 0.840. The van der Waals surface area contributed by atoms with Gasteiger partial charge in [0.2, 0.25) is 0 Å². The third-order valence-corrected chi connectivity index (χ3v) is 5.17. The van der Waals surface area contributed by atoms with Crippen LogP contribution in [0.4, 0.5) is 15.8 Å². The minimum Gasteiger partial charge on any atom is -0.454 e. The molecule has 1 aliphatic rings. The maximum absolute atomic E-state index is 13.5. The summed E-state index contributed by atoms with van der Waals surface area (Å²) in [6, 6.07) is 15.8. The van der Waals surface area contributed by atoms with Crippen molar-refractivity contribution in [3.63, 3.8) is 0 Å². The quantitative estimate of drug-likeness (QED) is 0.540. The van der Waals surface area contributed by atoms with Gasteiger partial charge in [0.1, 0.15) is 11.6 Å². The number of fused-ring (bicyclic) bond motifs is 1. The molecule has 0 amide bonds. The molecule has 0 atom stereocenters. The van der Waals surface area contributed by atoms with Gasteiger partial charge in [-0.05, 0) is 60.0 Å². The molecule has 0 saturated carbocycles. The highest BCUT2D eigenvalue weighted by Gasteiger charge is 2.18. The van der Waals surface area contributed by atoms with Crippen molar-refractivity contribution in [1.82, 2.24) is 0 Å². The molecule has 6 heteroatoms. The summed E-state index contributed by atoms with van der Waals surface area (Å²) in [7, 11) is 0. The highest BCUT2D eigenvalue weighted by molar-refractivity contribution is 6.37. The van der Waals surface area contributed by atoms with Crippen molar-refractivity contribution in [2.24, 2.45) is 0 Å². The normalized spacial score (nSPS) is 13.4. The molecule has 3 aromatic rings. The van der Waals surface area contributed by atoms with Crippen LogP contribution in [0.25, 0.3) is 0 Å². The zero-order chi connectivity index (χ0) is 19.0. The highest BCUT2D eigenvalue weighted by Crippen LogP contribution is 2.39. The lowest BCUT2D eigenvalue weighted by Gasteiger charge is -2.31. The maximum atomic E-state index is 13.5. The van der Waals surface area contributed by atoms with Gasteiger partial charge in [-0.25, -0.2) is 4.39 Å². The largest absolute Gasteiger partial charge is 0.454 e. The Morgan fingerprint density at radius 2 is 1.74 bits per heavy atom. The summed E-state index contributed by atoms with van der Waals surface area (Å²) in [4.78, 5) is 2.17. The monoisotopic (exact) mass is 402 g/mol. The highest BCUT2D eigenvalue weighted by atomic mass is 35.5. The fourth-order valence-corrected chi connectivity index (χ4v) is 3.86. The van der Waals surface area contributed by atoms with E-state index in [0.717, 1.165) is 25.2 Å². The van der Waals surface area contributed by atoms with E-state index in [-0.39, 0.29) is 5.82 Å². The summed E-state index contributed by atoms with van der Waals surface area (Å²) in [5.41, 5.74) is 9.49. The van der Waals surface area contributed by atoms with Crippen molar-refractivity contribution in [1.29, 1.82) is 0 Å². The molecule has 1 heterocycles. The zero-order valence-electron chi connectivity index (χ0n) is 14.4. The third kappa shape index (κ3) is 3.82. The first-order chi connectivity index (χ1) is 13.0. The molecule has 0 spiro atoms. The number of nitrogen functional groups attached to an aromatic ring is 1. The average Bonchev–Trinajstić information content (AvgIpc) is 2.64. The smallest absolute Gasteiger partial charge is 0.164 e. The second kappa shape index (κ2) is 7.29. The maximum Gasteiger partial charge on any atom is 0.164 e. The van der Waals surface area contributed by atoms with Gasteiger partial charge in [0.15, 0.2) is 5.75 Å². The Morgan fingerprint density at radius 1 is 0.963 bits per heavy atom. The van der Waals surface area contributed by atoms with Gasteiger partial charge in [-0.15, -0.1) is 0 Å². The van der Waals surface area contributed by atoms with Crippen LogP contribution in [0.15, 0.2) is 54.6 Å². The molecule has 4 rings (SSSR count). The Morgan fingerprint density at radius 3 is 2.48 bits per heavy atom. The summed E-state index contributed by atoms with van der Waals surface area (Å²) in [6.45, 7) is 1.53. The Balaban J connectivity index is 1.56. The van der Waals surface area contributed by atoms with E-state index < -0.39 is 0 Å². The van der Waals surface area contributed by atoms with Gasteiger partial charge in [0, 0.05) is 24.5 Å². The van der Waals surface area contributed by atoms with E-state index in [1.165, 1.54) is 17.2 Å². The van der Waals surface area contributed by atoms with Gasteiger partial charge in [-0.1, -0.05) is 35.3 Å². The average molecular weight is 403 g/mol. The predicted molar refractivity (Wildman–Crippen MR) is 109 cm³/mol. The summed E-state index contributed by atoms with van der Waals surface area (Å²) >= 11 is 12.4.